The summed E-state index contributed by atoms with van der Waals surface area (Å²) in [6.45, 7) is -0.294. The summed E-state index contributed by atoms with van der Waals surface area (Å²) in [5.41, 5.74) is 0. The molecule has 8 atom stereocenters. The first-order chi connectivity index (χ1) is 9.45. The zero-order valence-electron chi connectivity index (χ0n) is 10.9. The molecule has 2 aliphatic heterocycles. The maximum absolute atomic E-state index is 9.89. The Morgan fingerprint density at radius 2 is 1.40 bits per heavy atom. The van der Waals surface area contributed by atoms with Crippen molar-refractivity contribution in [1.29, 1.82) is 0 Å². The summed E-state index contributed by atoms with van der Waals surface area (Å²) in [5.74, 6) is 0. The summed E-state index contributed by atoms with van der Waals surface area (Å²) in [5, 5.41) is 48.2. The van der Waals surface area contributed by atoms with E-state index in [9.17, 15) is 25.5 Å². The molecule has 0 bridgehead atoms. The minimum Gasteiger partial charge on any atom is -0.388 e. The lowest BCUT2D eigenvalue weighted by Gasteiger charge is -2.41. The highest BCUT2D eigenvalue weighted by Crippen LogP contribution is 2.23. The highest BCUT2D eigenvalue weighted by atomic mass is 16.7. The zero-order valence-corrected chi connectivity index (χ0v) is 10.9. The molecule has 9 heteroatoms. The molecule has 5 N–H and O–H groups in total. The smallest absolute Gasteiger partial charge is 0.186 e. The van der Waals surface area contributed by atoms with Gasteiger partial charge in [0.25, 0.3) is 0 Å². The Morgan fingerprint density at radius 3 is 2.05 bits per heavy atom. The molecule has 2 heterocycles. The van der Waals surface area contributed by atoms with Gasteiger partial charge in [0.2, 0.25) is 0 Å². The Hall–Kier alpha value is -0.360. The molecule has 2 rings (SSSR count). The minimum absolute atomic E-state index is 0.0814. The average Bonchev–Trinajstić information content (AvgIpc) is 2.44. The number of hydrogen-bond donors (Lipinski definition) is 5. The predicted octanol–water partition coefficient (Wildman–Crippen LogP) is -3.46. The summed E-state index contributed by atoms with van der Waals surface area (Å²) in [6.07, 6.45) is -9.85. The quantitative estimate of drug-likeness (QED) is 0.359. The SMILES string of the molecule is CO[C@@H]1OC[C@@H](O[C@@H]2OC[C@@H](O)[C@H](O)[C@H]2O)[C@H](O)[C@H]1O. The van der Waals surface area contributed by atoms with Gasteiger partial charge in [-0.15, -0.1) is 0 Å². The molecule has 9 nitrogen and oxygen atoms in total. The fourth-order valence-corrected chi connectivity index (χ4v) is 2.17. The van der Waals surface area contributed by atoms with E-state index in [-0.39, 0.29) is 13.2 Å². The van der Waals surface area contributed by atoms with E-state index in [0.29, 0.717) is 0 Å². The molecule has 0 aromatic heterocycles. The normalized spacial score (nSPS) is 50.1. The molecule has 0 aromatic carbocycles. The van der Waals surface area contributed by atoms with Crippen molar-refractivity contribution in [1.82, 2.24) is 0 Å². The first-order valence-corrected chi connectivity index (χ1v) is 6.27. The predicted molar refractivity (Wildman–Crippen MR) is 61.4 cm³/mol. The third kappa shape index (κ3) is 3.11. The van der Waals surface area contributed by atoms with Crippen LogP contribution in [0.15, 0.2) is 0 Å². The average molecular weight is 296 g/mol. The van der Waals surface area contributed by atoms with E-state index in [4.69, 9.17) is 18.9 Å². The van der Waals surface area contributed by atoms with Gasteiger partial charge in [0.05, 0.1) is 13.2 Å². The van der Waals surface area contributed by atoms with Crippen LogP contribution in [0.2, 0.25) is 0 Å². The number of rotatable bonds is 3. The second-order valence-electron chi connectivity index (χ2n) is 4.84. The lowest BCUT2D eigenvalue weighted by molar-refractivity contribution is -0.326. The van der Waals surface area contributed by atoms with E-state index in [2.05, 4.69) is 0 Å². The molecule has 0 spiro atoms. The Labute approximate surface area is 115 Å². The number of hydrogen-bond acceptors (Lipinski definition) is 9. The van der Waals surface area contributed by atoms with Crippen LogP contribution in [0.4, 0.5) is 0 Å². The fraction of sp³-hybridized carbons (Fsp3) is 1.00. The minimum atomic E-state index is -1.47. The molecule has 20 heavy (non-hydrogen) atoms. The van der Waals surface area contributed by atoms with E-state index in [0.717, 1.165) is 0 Å². The first-order valence-electron chi connectivity index (χ1n) is 6.27. The Kier molecular flexibility index (Phi) is 5.29. The van der Waals surface area contributed by atoms with Crippen LogP contribution >= 0.6 is 0 Å². The second-order valence-corrected chi connectivity index (χ2v) is 4.84. The van der Waals surface area contributed by atoms with Crippen molar-refractivity contribution in [2.24, 2.45) is 0 Å². The van der Waals surface area contributed by atoms with Gasteiger partial charge in [-0.05, 0) is 0 Å². The molecule has 0 unspecified atom stereocenters. The van der Waals surface area contributed by atoms with Crippen molar-refractivity contribution in [3.05, 3.63) is 0 Å². The number of ether oxygens (including phenoxy) is 4. The van der Waals surface area contributed by atoms with Gasteiger partial charge in [0, 0.05) is 7.11 Å². The van der Waals surface area contributed by atoms with E-state index in [1.165, 1.54) is 7.11 Å². The molecular formula is C11H20O9. The molecule has 2 aliphatic rings. The van der Waals surface area contributed by atoms with Crippen LogP contribution in [0.1, 0.15) is 0 Å². The molecule has 0 saturated carbocycles. The molecule has 118 valence electrons. The van der Waals surface area contributed by atoms with Crippen LogP contribution in [-0.2, 0) is 18.9 Å². The lowest BCUT2D eigenvalue weighted by atomic mass is 10.0. The van der Waals surface area contributed by atoms with Crippen molar-refractivity contribution < 1.29 is 44.5 Å². The van der Waals surface area contributed by atoms with Crippen molar-refractivity contribution in [3.8, 4) is 0 Å². The number of methoxy groups -OCH3 is 1. The van der Waals surface area contributed by atoms with Crippen LogP contribution < -0.4 is 0 Å². The monoisotopic (exact) mass is 296 g/mol. The fourth-order valence-electron chi connectivity index (χ4n) is 2.17. The molecule has 0 radical (unpaired) electrons. The van der Waals surface area contributed by atoms with Gasteiger partial charge in [0.15, 0.2) is 12.6 Å². The Balaban J connectivity index is 1.93. The van der Waals surface area contributed by atoms with Gasteiger partial charge in [-0.3, -0.25) is 0 Å². The van der Waals surface area contributed by atoms with Crippen LogP contribution in [0, 0.1) is 0 Å². The van der Waals surface area contributed by atoms with Crippen LogP contribution in [0.3, 0.4) is 0 Å². The van der Waals surface area contributed by atoms with Gasteiger partial charge in [-0.1, -0.05) is 0 Å². The summed E-state index contributed by atoms with van der Waals surface area (Å²) in [7, 11) is 1.33. The summed E-state index contributed by atoms with van der Waals surface area (Å²) >= 11 is 0. The standard InChI is InChI=1S/C11H20O9/c1-17-10-9(16)7(14)5(3-19-10)20-11-8(15)6(13)4(12)2-18-11/h4-16H,2-3H2,1H3/t4-,5-,6+,7+,8-,9-,10-,11+/m1/s1. The highest BCUT2D eigenvalue weighted by Gasteiger charge is 2.44. The van der Waals surface area contributed by atoms with Gasteiger partial charge in [-0.25, -0.2) is 0 Å². The van der Waals surface area contributed by atoms with E-state index in [1.54, 1.807) is 0 Å². The van der Waals surface area contributed by atoms with Crippen LogP contribution in [-0.4, -0.2) is 95.1 Å². The Morgan fingerprint density at radius 1 is 0.800 bits per heavy atom. The van der Waals surface area contributed by atoms with Crippen molar-refractivity contribution >= 4 is 0 Å². The molecular weight excluding hydrogens is 276 g/mol. The van der Waals surface area contributed by atoms with Gasteiger partial charge in [-0.2, -0.15) is 0 Å². The van der Waals surface area contributed by atoms with Gasteiger partial charge >= 0.3 is 0 Å². The highest BCUT2D eigenvalue weighted by molar-refractivity contribution is 4.87. The summed E-state index contributed by atoms with van der Waals surface area (Å²) < 4.78 is 20.3. The zero-order chi connectivity index (χ0) is 14.9. The van der Waals surface area contributed by atoms with E-state index in [1.807, 2.05) is 0 Å². The molecule has 0 aromatic rings. The molecule has 2 saturated heterocycles. The topological polar surface area (TPSA) is 138 Å². The molecule has 0 aliphatic carbocycles. The first kappa shape index (κ1) is 16.0. The maximum Gasteiger partial charge on any atom is 0.186 e. The third-order valence-electron chi connectivity index (χ3n) is 3.43. The second kappa shape index (κ2) is 6.60. The van der Waals surface area contributed by atoms with Crippen LogP contribution in [0.25, 0.3) is 0 Å². The largest absolute Gasteiger partial charge is 0.388 e. The summed E-state index contributed by atoms with van der Waals surface area (Å²) in [6, 6.07) is 0. The molecule has 0 amide bonds. The van der Waals surface area contributed by atoms with E-state index >= 15 is 0 Å². The van der Waals surface area contributed by atoms with Crippen molar-refractivity contribution in [3.63, 3.8) is 0 Å². The summed E-state index contributed by atoms with van der Waals surface area (Å²) in [4.78, 5) is 0. The maximum atomic E-state index is 9.89. The van der Waals surface area contributed by atoms with Gasteiger partial charge < -0.3 is 44.5 Å². The van der Waals surface area contributed by atoms with Crippen molar-refractivity contribution in [2.45, 2.75) is 49.2 Å². The van der Waals surface area contributed by atoms with E-state index < -0.39 is 49.2 Å². The lowest BCUT2D eigenvalue weighted by Crippen LogP contribution is -2.59. The Bertz CT molecular complexity index is 314. The third-order valence-corrected chi connectivity index (χ3v) is 3.43. The van der Waals surface area contributed by atoms with Gasteiger partial charge in [0.1, 0.15) is 36.6 Å². The van der Waals surface area contributed by atoms with Crippen LogP contribution in [0.5, 0.6) is 0 Å². The van der Waals surface area contributed by atoms with Crippen molar-refractivity contribution in [2.75, 3.05) is 20.3 Å². The number of aliphatic hydroxyl groups excluding tert-OH is 5. The number of aliphatic hydroxyl groups is 5. The molecule has 2 fully saturated rings.